The Balaban J connectivity index is 1.98. The van der Waals surface area contributed by atoms with E-state index in [0.717, 1.165) is 12.8 Å². The minimum absolute atomic E-state index is 0.00875. The maximum atomic E-state index is 10.6. The highest BCUT2D eigenvalue weighted by Gasteiger charge is 2.26. The lowest BCUT2D eigenvalue weighted by Crippen LogP contribution is -2.23. The van der Waals surface area contributed by atoms with Crippen molar-refractivity contribution in [3.8, 4) is 5.88 Å². The maximum Gasteiger partial charge on any atom is 0.288 e. The van der Waals surface area contributed by atoms with Crippen molar-refractivity contribution in [2.75, 3.05) is 13.2 Å². The van der Waals surface area contributed by atoms with Crippen molar-refractivity contribution in [2.24, 2.45) is 17.6 Å². The van der Waals surface area contributed by atoms with E-state index in [4.69, 9.17) is 10.5 Å². The molecule has 6 nitrogen and oxygen atoms in total. The summed E-state index contributed by atoms with van der Waals surface area (Å²) in [7, 11) is 0. The van der Waals surface area contributed by atoms with Crippen LogP contribution < -0.4 is 10.5 Å². The highest BCUT2D eigenvalue weighted by atomic mass is 16.6. The number of rotatable bonds is 5. The van der Waals surface area contributed by atoms with Crippen molar-refractivity contribution < 1.29 is 9.66 Å². The largest absolute Gasteiger partial charge is 0.477 e. The molecule has 1 saturated carbocycles. The first kappa shape index (κ1) is 13.7. The number of nitro groups is 1. The molecule has 0 aromatic carbocycles. The molecule has 104 valence electrons. The second-order valence-corrected chi connectivity index (χ2v) is 5.07. The molecular weight excluding hydrogens is 246 g/mol. The number of aryl methyl sites for hydroxylation is 1. The lowest BCUT2D eigenvalue weighted by atomic mass is 9.97. The van der Waals surface area contributed by atoms with Gasteiger partial charge in [0.1, 0.15) is 6.20 Å². The molecule has 0 saturated heterocycles. The lowest BCUT2D eigenvalue weighted by molar-refractivity contribution is -0.385. The molecule has 6 heteroatoms. The van der Waals surface area contributed by atoms with Crippen LogP contribution in [-0.2, 0) is 0 Å². The van der Waals surface area contributed by atoms with E-state index in [1.165, 1.54) is 18.7 Å². The van der Waals surface area contributed by atoms with Gasteiger partial charge in [-0.25, -0.2) is 4.98 Å². The smallest absolute Gasteiger partial charge is 0.288 e. The average Bonchev–Trinajstić information content (AvgIpc) is 2.84. The number of nitrogens with zero attached hydrogens (tertiary/aromatic N) is 2. The summed E-state index contributed by atoms with van der Waals surface area (Å²) in [5.74, 6) is 1.48. The van der Waals surface area contributed by atoms with Crippen LogP contribution >= 0.6 is 0 Å². The third kappa shape index (κ3) is 3.20. The molecule has 2 N–H and O–H groups in total. The first-order chi connectivity index (χ1) is 9.11. The highest BCUT2D eigenvalue weighted by Crippen LogP contribution is 2.31. The van der Waals surface area contributed by atoms with Crippen molar-refractivity contribution in [3.63, 3.8) is 0 Å². The molecule has 1 aliphatic rings. The summed E-state index contributed by atoms with van der Waals surface area (Å²) in [6.07, 6.45) is 4.73. The van der Waals surface area contributed by atoms with E-state index < -0.39 is 4.92 Å². The van der Waals surface area contributed by atoms with Crippen LogP contribution in [0.3, 0.4) is 0 Å². The monoisotopic (exact) mass is 265 g/mol. The molecule has 1 aromatic rings. The Bertz CT molecular complexity index is 464. The number of ether oxygens (including phenoxy) is 1. The molecule has 0 spiro atoms. The standard InChI is InChI=1S/C13H19N3O3/c1-9-5-12(16(17)18)7-15-13(9)19-8-11-4-2-3-10(11)6-14/h5,7,10-11H,2-4,6,8,14H2,1H3. The van der Waals surface area contributed by atoms with Crippen LogP contribution in [0.2, 0.25) is 0 Å². The van der Waals surface area contributed by atoms with Gasteiger partial charge in [-0.15, -0.1) is 0 Å². The van der Waals surface area contributed by atoms with E-state index in [0.29, 0.717) is 36.4 Å². The molecule has 0 radical (unpaired) electrons. The second kappa shape index (κ2) is 5.97. The molecule has 19 heavy (non-hydrogen) atoms. The number of pyridine rings is 1. The van der Waals surface area contributed by atoms with E-state index in [1.807, 2.05) is 0 Å². The predicted octanol–water partition coefficient (Wildman–Crippen LogP) is 2.05. The SMILES string of the molecule is Cc1cc([N+](=O)[O-])cnc1OCC1CCCC1CN. The zero-order valence-corrected chi connectivity index (χ0v) is 11.0. The Morgan fingerprint density at radius 1 is 1.53 bits per heavy atom. The summed E-state index contributed by atoms with van der Waals surface area (Å²) < 4.78 is 5.70. The third-order valence-electron chi connectivity index (χ3n) is 3.78. The average molecular weight is 265 g/mol. The predicted molar refractivity (Wildman–Crippen MR) is 71.0 cm³/mol. The van der Waals surface area contributed by atoms with Gasteiger partial charge in [0, 0.05) is 11.6 Å². The number of hydrogen-bond acceptors (Lipinski definition) is 5. The van der Waals surface area contributed by atoms with Gasteiger partial charge in [0.25, 0.3) is 5.69 Å². The summed E-state index contributed by atoms with van der Waals surface area (Å²) in [5, 5.41) is 10.6. The van der Waals surface area contributed by atoms with Gasteiger partial charge >= 0.3 is 0 Å². The summed E-state index contributed by atoms with van der Waals surface area (Å²) in [5.41, 5.74) is 6.41. The van der Waals surface area contributed by atoms with Gasteiger partial charge in [-0.1, -0.05) is 6.42 Å². The van der Waals surface area contributed by atoms with Crippen LogP contribution in [0.15, 0.2) is 12.3 Å². The minimum Gasteiger partial charge on any atom is -0.477 e. The van der Waals surface area contributed by atoms with Gasteiger partial charge in [0.05, 0.1) is 11.5 Å². The second-order valence-electron chi connectivity index (χ2n) is 5.07. The van der Waals surface area contributed by atoms with E-state index in [-0.39, 0.29) is 5.69 Å². The Kier molecular flexibility index (Phi) is 4.31. The Morgan fingerprint density at radius 2 is 2.26 bits per heavy atom. The molecule has 2 atom stereocenters. The van der Waals surface area contributed by atoms with Gasteiger partial charge in [0.15, 0.2) is 0 Å². The van der Waals surface area contributed by atoms with Crippen molar-refractivity contribution in [2.45, 2.75) is 26.2 Å². The molecule has 1 heterocycles. The first-order valence-corrected chi connectivity index (χ1v) is 6.55. The third-order valence-corrected chi connectivity index (χ3v) is 3.78. The van der Waals surface area contributed by atoms with E-state index in [1.54, 1.807) is 6.92 Å². The summed E-state index contributed by atoms with van der Waals surface area (Å²) in [4.78, 5) is 14.2. The van der Waals surface area contributed by atoms with E-state index in [2.05, 4.69) is 4.98 Å². The van der Waals surface area contributed by atoms with Crippen LogP contribution in [0, 0.1) is 28.9 Å². The van der Waals surface area contributed by atoms with Gasteiger partial charge in [-0.2, -0.15) is 0 Å². The summed E-state index contributed by atoms with van der Waals surface area (Å²) in [6, 6.07) is 1.48. The van der Waals surface area contributed by atoms with Crippen molar-refractivity contribution >= 4 is 5.69 Å². The minimum atomic E-state index is -0.453. The number of aromatic nitrogens is 1. The van der Waals surface area contributed by atoms with Crippen LogP contribution in [-0.4, -0.2) is 23.1 Å². The van der Waals surface area contributed by atoms with E-state index in [9.17, 15) is 10.1 Å². The molecule has 0 aliphatic heterocycles. The highest BCUT2D eigenvalue weighted by molar-refractivity contribution is 5.36. The zero-order valence-electron chi connectivity index (χ0n) is 11.0. The molecule has 2 unspecified atom stereocenters. The molecule has 0 bridgehead atoms. The van der Waals surface area contributed by atoms with Gasteiger partial charge in [-0.3, -0.25) is 10.1 Å². The lowest BCUT2D eigenvalue weighted by Gasteiger charge is -2.18. The van der Waals surface area contributed by atoms with E-state index >= 15 is 0 Å². The molecule has 1 aliphatic carbocycles. The summed E-state index contributed by atoms with van der Waals surface area (Å²) >= 11 is 0. The summed E-state index contributed by atoms with van der Waals surface area (Å²) in [6.45, 7) is 3.05. The molecule has 1 fully saturated rings. The molecule has 0 amide bonds. The van der Waals surface area contributed by atoms with Crippen molar-refractivity contribution in [1.82, 2.24) is 4.98 Å². The quantitative estimate of drug-likeness (QED) is 0.649. The van der Waals surface area contributed by atoms with Gasteiger partial charge < -0.3 is 10.5 Å². The maximum absolute atomic E-state index is 10.6. The number of hydrogen-bond donors (Lipinski definition) is 1. The molecule has 2 rings (SSSR count). The van der Waals surface area contributed by atoms with Crippen molar-refractivity contribution in [3.05, 3.63) is 27.9 Å². The Morgan fingerprint density at radius 3 is 2.89 bits per heavy atom. The van der Waals surface area contributed by atoms with Crippen LogP contribution in [0.5, 0.6) is 5.88 Å². The fourth-order valence-corrected chi connectivity index (χ4v) is 2.63. The van der Waals surface area contributed by atoms with Gasteiger partial charge in [-0.05, 0) is 38.1 Å². The normalized spacial score (nSPS) is 22.4. The molecular formula is C13H19N3O3. The fourth-order valence-electron chi connectivity index (χ4n) is 2.63. The van der Waals surface area contributed by atoms with Crippen LogP contribution in [0.25, 0.3) is 0 Å². The fraction of sp³-hybridized carbons (Fsp3) is 0.615. The first-order valence-electron chi connectivity index (χ1n) is 6.55. The zero-order chi connectivity index (χ0) is 13.8. The van der Waals surface area contributed by atoms with Crippen LogP contribution in [0.1, 0.15) is 24.8 Å². The van der Waals surface area contributed by atoms with Crippen molar-refractivity contribution in [1.29, 1.82) is 0 Å². The Hall–Kier alpha value is -1.69. The number of nitrogens with two attached hydrogens (primary N) is 1. The Labute approximate surface area is 112 Å². The van der Waals surface area contributed by atoms with Crippen LogP contribution in [0.4, 0.5) is 5.69 Å². The van der Waals surface area contributed by atoms with Gasteiger partial charge in [0.2, 0.25) is 5.88 Å². The topological polar surface area (TPSA) is 91.3 Å². The molecule has 1 aromatic heterocycles.